The lowest BCUT2D eigenvalue weighted by molar-refractivity contribution is -0.120. The first-order valence-electron chi connectivity index (χ1n) is 8.95. The average molecular weight is 385 g/mol. The number of anilines is 1. The fraction of sp³-hybridized carbons (Fsp3) is 0.368. The van der Waals surface area contributed by atoms with Gasteiger partial charge in [-0.3, -0.25) is 9.59 Å². The lowest BCUT2D eigenvalue weighted by Gasteiger charge is -2.09. The van der Waals surface area contributed by atoms with Gasteiger partial charge in [0, 0.05) is 17.8 Å². The molecular weight excluding hydrogens is 362 g/mol. The molecule has 0 fully saturated rings. The van der Waals surface area contributed by atoms with Crippen molar-refractivity contribution < 1.29 is 4.79 Å². The molecule has 0 saturated heterocycles. The summed E-state index contributed by atoms with van der Waals surface area (Å²) in [6, 6.07) is 9.33. The fourth-order valence-corrected chi connectivity index (χ4v) is 3.48. The van der Waals surface area contributed by atoms with Crippen molar-refractivity contribution in [1.82, 2.24) is 19.9 Å². The maximum Gasteiger partial charge on any atom is 0.275 e. The zero-order valence-electron chi connectivity index (χ0n) is 15.7. The van der Waals surface area contributed by atoms with Crippen LogP contribution < -0.4 is 16.2 Å². The van der Waals surface area contributed by atoms with E-state index in [-0.39, 0.29) is 17.5 Å². The maximum atomic E-state index is 12.2. The fourth-order valence-electron chi connectivity index (χ4n) is 2.62. The second-order valence-corrected chi connectivity index (χ2v) is 7.62. The highest BCUT2D eigenvalue weighted by atomic mass is 32.1. The minimum absolute atomic E-state index is 0.0136. The van der Waals surface area contributed by atoms with Crippen LogP contribution in [0.25, 0.3) is 4.96 Å². The Kier molecular flexibility index (Phi) is 5.85. The number of aryl methyl sites for hydroxylation is 1. The molecule has 0 aliphatic heterocycles. The van der Waals surface area contributed by atoms with Crippen molar-refractivity contribution in [1.29, 1.82) is 0 Å². The smallest absolute Gasteiger partial charge is 0.275 e. The Morgan fingerprint density at radius 2 is 2.00 bits per heavy atom. The Hall–Kier alpha value is -2.74. The molecule has 0 spiro atoms. The predicted molar refractivity (Wildman–Crippen MR) is 107 cm³/mol. The van der Waals surface area contributed by atoms with E-state index in [0.29, 0.717) is 23.6 Å². The summed E-state index contributed by atoms with van der Waals surface area (Å²) in [5, 5.41) is 11.3. The molecule has 8 heteroatoms. The van der Waals surface area contributed by atoms with Gasteiger partial charge in [-0.05, 0) is 38.0 Å². The van der Waals surface area contributed by atoms with Crippen molar-refractivity contribution in [2.24, 2.45) is 0 Å². The predicted octanol–water partition coefficient (Wildman–Crippen LogP) is 2.39. The topological polar surface area (TPSA) is 88.4 Å². The summed E-state index contributed by atoms with van der Waals surface area (Å²) in [4.78, 5) is 29.1. The molecule has 7 nitrogen and oxygen atoms in total. The van der Waals surface area contributed by atoms with Gasteiger partial charge < -0.3 is 10.6 Å². The van der Waals surface area contributed by atoms with Crippen molar-refractivity contribution in [2.45, 2.75) is 46.2 Å². The van der Waals surface area contributed by atoms with Crippen LogP contribution in [0.4, 0.5) is 5.69 Å². The molecule has 27 heavy (non-hydrogen) atoms. The zero-order chi connectivity index (χ0) is 19.4. The molecule has 2 N–H and O–H groups in total. The van der Waals surface area contributed by atoms with E-state index in [0.717, 1.165) is 22.7 Å². The van der Waals surface area contributed by atoms with Crippen molar-refractivity contribution >= 4 is 27.9 Å². The van der Waals surface area contributed by atoms with E-state index in [2.05, 4.69) is 20.7 Å². The number of hydrogen-bond donors (Lipinski definition) is 2. The van der Waals surface area contributed by atoms with Crippen LogP contribution in [0, 0.1) is 0 Å². The molecule has 3 rings (SSSR count). The average Bonchev–Trinajstić information content (AvgIpc) is 3.04. The normalized spacial score (nSPS) is 11.1. The van der Waals surface area contributed by atoms with E-state index in [1.54, 1.807) is 0 Å². The van der Waals surface area contributed by atoms with Crippen LogP contribution in [0.5, 0.6) is 0 Å². The highest BCUT2D eigenvalue weighted by molar-refractivity contribution is 7.16. The Balaban J connectivity index is 1.64. The van der Waals surface area contributed by atoms with Gasteiger partial charge in [-0.15, -0.1) is 0 Å². The number of carbonyl (C=O) groups is 1. The Bertz CT molecular complexity index is 991. The van der Waals surface area contributed by atoms with Gasteiger partial charge in [-0.2, -0.15) is 9.61 Å². The van der Waals surface area contributed by atoms with Crippen LogP contribution in [-0.4, -0.2) is 26.5 Å². The molecule has 0 bridgehead atoms. The second kappa shape index (κ2) is 8.30. The first kappa shape index (κ1) is 19.0. The van der Waals surface area contributed by atoms with Crippen LogP contribution in [-0.2, 0) is 24.2 Å². The highest BCUT2D eigenvalue weighted by Gasteiger charge is 2.08. The van der Waals surface area contributed by atoms with Gasteiger partial charge in [0.1, 0.15) is 5.01 Å². The van der Waals surface area contributed by atoms with Crippen LogP contribution >= 0.6 is 11.3 Å². The number of benzene rings is 1. The molecule has 142 valence electrons. The summed E-state index contributed by atoms with van der Waals surface area (Å²) in [6.07, 6.45) is 1.14. The van der Waals surface area contributed by atoms with Gasteiger partial charge in [0.2, 0.25) is 10.9 Å². The first-order valence-corrected chi connectivity index (χ1v) is 9.77. The van der Waals surface area contributed by atoms with Crippen LogP contribution in [0.1, 0.15) is 37.0 Å². The molecule has 2 heterocycles. The summed E-state index contributed by atoms with van der Waals surface area (Å²) in [7, 11) is 0. The number of carbonyl (C=O) groups excluding carboxylic acids is 1. The third-order valence-corrected chi connectivity index (χ3v) is 4.94. The standard InChI is InChI=1S/C19H23N5O2S/c1-4-17-23-24-18(26)10-15(22-19(24)27-17)11-20-14-7-5-13(6-8-14)9-16(25)21-12(2)3/h5-8,10,12,20H,4,9,11H2,1-3H3,(H,21,25). The van der Waals surface area contributed by atoms with Crippen molar-refractivity contribution in [3.63, 3.8) is 0 Å². The Morgan fingerprint density at radius 1 is 1.26 bits per heavy atom. The molecule has 0 radical (unpaired) electrons. The van der Waals surface area contributed by atoms with Gasteiger partial charge in [0.05, 0.1) is 18.7 Å². The lowest BCUT2D eigenvalue weighted by Crippen LogP contribution is -2.31. The molecule has 0 aliphatic rings. The van der Waals surface area contributed by atoms with Crippen LogP contribution in [0.3, 0.4) is 0 Å². The maximum absolute atomic E-state index is 12.2. The minimum atomic E-state index is -0.167. The SMILES string of the molecule is CCc1nn2c(=O)cc(CNc3ccc(CC(=O)NC(C)C)cc3)nc2s1. The summed E-state index contributed by atoms with van der Waals surface area (Å²) in [5.41, 5.74) is 2.36. The molecule has 0 aliphatic carbocycles. The first-order chi connectivity index (χ1) is 12.9. The number of amides is 1. The minimum Gasteiger partial charge on any atom is -0.379 e. The number of nitrogens with zero attached hydrogens (tertiary/aromatic N) is 3. The summed E-state index contributed by atoms with van der Waals surface area (Å²) < 4.78 is 1.35. The van der Waals surface area contributed by atoms with E-state index >= 15 is 0 Å². The van der Waals surface area contributed by atoms with E-state index in [1.165, 1.54) is 21.9 Å². The molecule has 0 atom stereocenters. The van der Waals surface area contributed by atoms with E-state index in [9.17, 15) is 9.59 Å². The summed E-state index contributed by atoms with van der Waals surface area (Å²) >= 11 is 1.43. The van der Waals surface area contributed by atoms with Crippen molar-refractivity contribution in [3.8, 4) is 0 Å². The van der Waals surface area contributed by atoms with E-state index < -0.39 is 0 Å². The number of hydrogen-bond acceptors (Lipinski definition) is 6. The molecule has 0 unspecified atom stereocenters. The lowest BCUT2D eigenvalue weighted by atomic mass is 10.1. The Labute approximate surface area is 161 Å². The van der Waals surface area contributed by atoms with E-state index in [1.807, 2.05) is 45.0 Å². The molecule has 1 amide bonds. The van der Waals surface area contributed by atoms with Gasteiger partial charge in [0.15, 0.2) is 0 Å². The number of rotatable bonds is 7. The van der Waals surface area contributed by atoms with Crippen LogP contribution in [0.15, 0.2) is 35.1 Å². The third kappa shape index (κ3) is 4.91. The van der Waals surface area contributed by atoms with Crippen LogP contribution in [0.2, 0.25) is 0 Å². The Morgan fingerprint density at radius 3 is 2.67 bits per heavy atom. The molecule has 2 aromatic heterocycles. The number of aromatic nitrogens is 3. The highest BCUT2D eigenvalue weighted by Crippen LogP contribution is 2.14. The van der Waals surface area contributed by atoms with Gasteiger partial charge in [-0.25, -0.2) is 4.98 Å². The van der Waals surface area contributed by atoms with Gasteiger partial charge in [0.25, 0.3) is 5.56 Å². The molecular formula is C19H23N5O2S. The zero-order valence-corrected chi connectivity index (χ0v) is 16.5. The molecule has 0 saturated carbocycles. The van der Waals surface area contributed by atoms with E-state index in [4.69, 9.17) is 0 Å². The summed E-state index contributed by atoms with van der Waals surface area (Å²) in [5.74, 6) is 0.0136. The second-order valence-electron chi connectivity index (χ2n) is 6.58. The van der Waals surface area contributed by atoms with Gasteiger partial charge in [-0.1, -0.05) is 30.4 Å². The van der Waals surface area contributed by atoms with Crippen molar-refractivity contribution in [2.75, 3.05) is 5.32 Å². The monoisotopic (exact) mass is 385 g/mol. The molecule has 3 aromatic rings. The van der Waals surface area contributed by atoms with Gasteiger partial charge >= 0.3 is 0 Å². The number of fused-ring (bicyclic) bond motifs is 1. The molecule has 1 aromatic carbocycles. The summed E-state index contributed by atoms with van der Waals surface area (Å²) in [6.45, 7) is 6.33. The quantitative estimate of drug-likeness (QED) is 0.652. The number of nitrogens with one attached hydrogen (secondary N) is 2. The largest absolute Gasteiger partial charge is 0.379 e. The van der Waals surface area contributed by atoms with Crippen molar-refractivity contribution in [3.05, 3.63) is 57.0 Å². The third-order valence-electron chi connectivity index (χ3n) is 3.88.